The van der Waals surface area contributed by atoms with Gasteiger partial charge in [-0.2, -0.15) is 0 Å². The van der Waals surface area contributed by atoms with Gasteiger partial charge < -0.3 is 10.6 Å². The third kappa shape index (κ3) is 4.35. The lowest BCUT2D eigenvalue weighted by atomic mass is 9.87. The van der Waals surface area contributed by atoms with Crippen molar-refractivity contribution in [2.45, 2.75) is 45.6 Å². The highest BCUT2D eigenvalue weighted by Crippen LogP contribution is 2.23. The molecule has 1 aromatic rings. The molecule has 1 saturated carbocycles. The van der Waals surface area contributed by atoms with Crippen LogP contribution in [0.2, 0.25) is 0 Å². The van der Waals surface area contributed by atoms with Gasteiger partial charge in [-0.05, 0) is 50.2 Å². The number of carbonyl (C=O) groups excluding carboxylic acids is 1. The maximum atomic E-state index is 11.9. The molecule has 0 aromatic heterocycles. The van der Waals surface area contributed by atoms with E-state index >= 15 is 0 Å². The second-order valence-corrected chi connectivity index (χ2v) is 5.70. The Kier molecular flexibility index (Phi) is 4.97. The number of aryl methyl sites for hydroxylation is 1. The maximum Gasteiger partial charge on any atom is 0.238 e. The zero-order chi connectivity index (χ0) is 13.7. The predicted molar refractivity (Wildman–Crippen MR) is 79.2 cm³/mol. The minimum absolute atomic E-state index is 0.0490. The van der Waals surface area contributed by atoms with Gasteiger partial charge in [-0.25, -0.2) is 0 Å². The topological polar surface area (TPSA) is 41.1 Å². The van der Waals surface area contributed by atoms with Gasteiger partial charge in [0.2, 0.25) is 5.91 Å². The molecule has 1 aliphatic rings. The van der Waals surface area contributed by atoms with Crippen LogP contribution in [-0.4, -0.2) is 18.5 Å². The smallest absolute Gasteiger partial charge is 0.238 e. The molecule has 0 aliphatic heterocycles. The van der Waals surface area contributed by atoms with Crippen LogP contribution >= 0.6 is 0 Å². The third-order valence-electron chi connectivity index (χ3n) is 3.99. The largest absolute Gasteiger partial charge is 0.325 e. The molecule has 0 heterocycles. The highest BCUT2D eigenvalue weighted by atomic mass is 16.1. The van der Waals surface area contributed by atoms with Crippen molar-refractivity contribution in [2.24, 2.45) is 5.92 Å². The first-order chi connectivity index (χ1) is 9.15. The van der Waals surface area contributed by atoms with Gasteiger partial charge in [0.1, 0.15) is 0 Å². The van der Waals surface area contributed by atoms with Crippen molar-refractivity contribution in [3.05, 3.63) is 29.8 Å². The lowest BCUT2D eigenvalue weighted by molar-refractivity contribution is -0.115. The summed E-state index contributed by atoms with van der Waals surface area (Å²) in [6.07, 6.45) is 4.94. The van der Waals surface area contributed by atoms with Gasteiger partial charge in [0, 0.05) is 11.7 Å². The van der Waals surface area contributed by atoms with Gasteiger partial charge in [0.05, 0.1) is 6.54 Å². The molecule has 1 amide bonds. The Morgan fingerprint density at radius 2 is 1.89 bits per heavy atom. The number of hydrogen-bond donors (Lipinski definition) is 2. The average Bonchev–Trinajstić information content (AvgIpc) is 2.41. The van der Waals surface area contributed by atoms with E-state index in [4.69, 9.17) is 0 Å². The Hall–Kier alpha value is -1.35. The van der Waals surface area contributed by atoms with Crippen LogP contribution in [0.25, 0.3) is 0 Å². The van der Waals surface area contributed by atoms with Crippen LogP contribution < -0.4 is 10.6 Å². The van der Waals surface area contributed by atoms with E-state index in [9.17, 15) is 4.79 Å². The number of benzene rings is 1. The molecular weight excluding hydrogens is 236 g/mol. The molecule has 0 atom stereocenters. The Morgan fingerprint density at radius 3 is 2.58 bits per heavy atom. The van der Waals surface area contributed by atoms with Gasteiger partial charge in [0.15, 0.2) is 0 Å². The molecule has 104 valence electrons. The summed E-state index contributed by atoms with van der Waals surface area (Å²) in [6.45, 7) is 4.72. The molecule has 0 radical (unpaired) electrons. The van der Waals surface area contributed by atoms with E-state index in [1.54, 1.807) is 0 Å². The van der Waals surface area contributed by atoms with Gasteiger partial charge in [-0.3, -0.25) is 4.79 Å². The molecule has 0 saturated heterocycles. The van der Waals surface area contributed by atoms with E-state index in [0.29, 0.717) is 12.6 Å². The fraction of sp³-hybridized carbons (Fsp3) is 0.562. The molecule has 1 aliphatic carbocycles. The quantitative estimate of drug-likeness (QED) is 0.873. The first kappa shape index (κ1) is 14.1. The standard InChI is InChI=1S/C16H24N2O/c1-12-7-9-14(10-8-12)17-11-16(19)18-15-6-4-3-5-13(15)2/h3-6,12,14,17H,7-11H2,1-2H3,(H,18,19). The number of para-hydroxylation sites is 1. The molecule has 0 unspecified atom stereocenters. The van der Waals surface area contributed by atoms with Crippen molar-refractivity contribution in [1.82, 2.24) is 5.32 Å². The van der Waals surface area contributed by atoms with Crippen LogP contribution in [0.3, 0.4) is 0 Å². The predicted octanol–water partition coefficient (Wildman–Crippen LogP) is 3.10. The molecule has 3 nitrogen and oxygen atoms in total. The van der Waals surface area contributed by atoms with Gasteiger partial charge in [-0.15, -0.1) is 0 Å². The summed E-state index contributed by atoms with van der Waals surface area (Å²) in [5, 5.41) is 6.33. The molecule has 0 bridgehead atoms. The summed E-state index contributed by atoms with van der Waals surface area (Å²) in [5.41, 5.74) is 2.01. The lowest BCUT2D eigenvalue weighted by Gasteiger charge is -2.26. The van der Waals surface area contributed by atoms with Gasteiger partial charge >= 0.3 is 0 Å². The van der Waals surface area contributed by atoms with Crippen molar-refractivity contribution in [1.29, 1.82) is 0 Å². The Balaban J connectivity index is 1.74. The summed E-state index contributed by atoms with van der Waals surface area (Å²) in [5.74, 6) is 0.895. The molecule has 1 fully saturated rings. The highest BCUT2D eigenvalue weighted by Gasteiger charge is 2.18. The lowest BCUT2D eigenvalue weighted by Crippen LogP contribution is -2.38. The van der Waals surface area contributed by atoms with Crippen molar-refractivity contribution >= 4 is 11.6 Å². The zero-order valence-electron chi connectivity index (χ0n) is 11.9. The van der Waals surface area contributed by atoms with E-state index < -0.39 is 0 Å². The maximum absolute atomic E-state index is 11.9. The summed E-state index contributed by atoms with van der Waals surface area (Å²) in [6, 6.07) is 8.38. The van der Waals surface area contributed by atoms with Crippen molar-refractivity contribution in [2.75, 3.05) is 11.9 Å². The molecular formula is C16H24N2O. The first-order valence-electron chi connectivity index (χ1n) is 7.24. The van der Waals surface area contributed by atoms with Gasteiger partial charge in [-0.1, -0.05) is 25.1 Å². The van der Waals surface area contributed by atoms with Crippen LogP contribution in [0, 0.1) is 12.8 Å². The summed E-state index contributed by atoms with van der Waals surface area (Å²) in [7, 11) is 0. The van der Waals surface area contributed by atoms with E-state index in [1.807, 2.05) is 31.2 Å². The fourth-order valence-electron chi connectivity index (χ4n) is 2.61. The number of anilines is 1. The second-order valence-electron chi connectivity index (χ2n) is 5.70. The van der Waals surface area contributed by atoms with Crippen LogP contribution in [0.1, 0.15) is 38.2 Å². The number of amides is 1. The number of hydrogen-bond acceptors (Lipinski definition) is 2. The second kappa shape index (κ2) is 6.71. The number of carbonyl (C=O) groups is 1. The Bertz CT molecular complexity index is 423. The van der Waals surface area contributed by atoms with E-state index in [0.717, 1.165) is 17.2 Å². The van der Waals surface area contributed by atoms with Crippen molar-refractivity contribution in [3.63, 3.8) is 0 Å². The third-order valence-corrected chi connectivity index (χ3v) is 3.99. The monoisotopic (exact) mass is 260 g/mol. The summed E-state index contributed by atoms with van der Waals surface area (Å²) in [4.78, 5) is 11.9. The van der Waals surface area contributed by atoms with Crippen molar-refractivity contribution < 1.29 is 4.79 Å². The minimum Gasteiger partial charge on any atom is -0.325 e. The molecule has 2 N–H and O–H groups in total. The molecule has 3 heteroatoms. The van der Waals surface area contributed by atoms with E-state index in [2.05, 4.69) is 17.6 Å². The molecule has 1 aromatic carbocycles. The van der Waals surface area contributed by atoms with E-state index in [-0.39, 0.29) is 5.91 Å². The SMILES string of the molecule is Cc1ccccc1NC(=O)CNC1CCC(C)CC1. The fourth-order valence-corrected chi connectivity index (χ4v) is 2.61. The average molecular weight is 260 g/mol. The molecule has 19 heavy (non-hydrogen) atoms. The zero-order valence-corrected chi connectivity index (χ0v) is 11.9. The normalized spacial score (nSPS) is 23.1. The van der Waals surface area contributed by atoms with Crippen molar-refractivity contribution in [3.8, 4) is 0 Å². The summed E-state index contributed by atoms with van der Waals surface area (Å²) < 4.78 is 0. The Labute approximate surface area is 115 Å². The Morgan fingerprint density at radius 1 is 1.21 bits per heavy atom. The van der Waals surface area contributed by atoms with Crippen LogP contribution in [-0.2, 0) is 4.79 Å². The van der Waals surface area contributed by atoms with E-state index in [1.165, 1.54) is 25.7 Å². The first-order valence-corrected chi connectivity index (χ1v) is 7.24. The summed E-state index contributed by atoms with van der Waals surface area (Å²) >= 11 is 0. The van der Waals surface area contributed by atoms with Crippen LogP contribution in [0.5, 0.6) is 0 Å². The molecule has 0 spiro atoms. The minimum atomic E-state index is 0.0490. The van der Waals surface area contributed by atoms with Crippen LogP contribution in [0.4, 0.5) is 5.69 Å². The molecule has 2 rings (SSSR count). The highest BCUT2D eigenvalue weighted by molar-refractivity contribution is 5.92. The van der Waals surface area contributed by atoms with Gasteiger partial charge in [0.25, 0.3) is 0 Å². The number of nitrogens with one attached hydrogen (secondary N) is 2. The number of rotatable bonds is 4. The van der Waals surface area contributed by atoms with Crippen LogP contribution in [0.15, 0.2) is 24.3 Å².